The summed E-state index contributed by atoms with van der Waals surface area (Å²) in [4.78, 5) is 0.137. The first-order valence-electron chi connectivity index (χ1n) is 6.37. The number of nitrogens with one attached hydrogen (secondary N) is 1. The highest BCUT2D eigenvalue weighted by Gasteiger charge is 2.20. The Morgan fingerprint density at radius 2 is 2.10 bits per heavy atom. The Balaban J connectivity index is 2.40. The van der Waals surface area contributed by atoms with Crippen LogP contribution in [-0.2, 0) is 26.0 Å². The summed E-state index contributed by atoms with van der Waals surface area (Å²) in [5, 5.41) is 0. The van der Waals surface area contributed by atoms with E-state index in [9.17, 15) is 8.42 Å². The minimum atomic E-state index is -3.56. The maximum atomic E-state index is 12.0. The molecular formula is C12H22N2O5S. The number of furan rings is 1. The molecule has 0 saturated carbocycles. The van der Waals surface area contributed by atoms with Crippen LogP contribution in [0.2, 0.25) is 0 Å². The molecule has 7 nitrogen and oxygen atoms in total. The molecule has 0 aromatic carbocycles. The number of methoxy groups -OCH3 is 1. The molecule has 20 heavy (non-hydrogen) atoms. The zero-order valence-corrected chi connectivity index (χ0v) is 12.7. The minimum absolute atomic E-state index is 0.137. The van der Waals surface area contributed by atoms with Crippen LogP contribution in [0.3, 0.4) is 0 Å². The lowest BCUT2D eigenvalue weighted by Gasteiger charge is -2.06. The predicted molar refractivity (Wildman–Crippen MR) is 73.8 cm³/mol. The standard InChI is InChI=1S/C12H22N2O5S/c1-10-12(8-11(9-13)19-10)20(15,16)14-4-3-5-18-7-6-17-2/h8,14H,3-7,9,13H2,1-2H3. The van der Waals surface area contributed by atoms with Gasteiger partial charge in [0.15, 0.2) is 0 Å². The van der Waals surface area contributed by atoms with E-state index in [0.717, 1.165) is 0 Å². The van der Waals surface area contributed by atoms with Crippen molar-refractivity contribution in [1.29, 1.82) is 0 Å². The van der Waals surface area contributed by atoms with Crippen LogP contribution in [0.25, 0.3) is 0 Å². The molecule has 1 rings (SSSR count). The molecule has 0 aliphatic carbocycles. The van der Waals surface area contributed by atoms with E-state index in [1.54, 1.807) is 14.0 Å². The van der Waals surface area contributed by atoms with E-state index in [1.807, 2.05) is 0 Å². The molecule has 116 valence electrons. The van der Waals surface area contributed by atoms with Crippen molar-refractivity contribution in [2.24, 2.45) is 5.73 Å². The second kappa shape index (κ2) is 8.38. The van der Waals surface area contributed by atoms with Gasteiger partial charge in [-0.15, -0.1) is 0 Å². The third-order valence-corrected chi connectivity index (χ3v) is 4.17. The Kier molecular flexibility index (Phi) is 7.17. The Hall–Kier alpha value is -0.930. The molecule has 1 heterocycles. The fourth-order valence-electron chi connectivity index (χ4n) is 1.59. The summed E-state index contributed by atoms with van der Waals surface area (Å²) >= 11 is 0. The van der Waals surface area contributed by atoms with Gasteiger partial charge in [-0.05, 0) is 13.3 Å². The number of nitrogens with two attached hydrogens (primary N) is 1. The number of hydrogen-bond acceptors (Lipinski definition) is 6. The highest BCUT2D eigenvalue weighted by molar-refractivity contribution is 7.89. The molecule has 1 aromatic heterocycles. The van der Waals surface area contributed by atoms with Crippen molar-refractivity contribution in [1.82, 2.24) is 4.72 Å². The van der Waals surface area contributed by atoms with E-state index in [-0.39, 0.29) is 11.4 Å². The lowest BCUT2D eigenvalue weighted by Crippen LogP contribution is -2.26. The summed E-state index contributed by atoms with van der Waals surface area (Å²) in [6, 6.07) is 1.45. The number of sulfonamides is 1. The molecule has 0 bridgehead atoms. The average molecular weight is 306 g/mol. The van der Waals surface area contributed by atoms with E-state index in [2.05, 4.69) is 4.72 Å². The van der Waals surface area contributed by atoms with Gasteiger partial charge in [-0.25, -0.2) is 13.1 Å². The maximum Gasteiger partial charge on any atom is 0.244 e. The first-order valence-corrected chi connectivity index (χ1v) is 7.85. The molecule has 0 atom stereocenters. The molecule has 0 aliphatic rings. The van der Waals surface area contributed by atoms with Crippen LogP contribution in [0.1, 0.15) is 17.9 Å². The van der Waals surface area contributed by atoms with Crippen LogP contribution >= 0.6 is 0 Å². The lowest BCUT2D eigenvalue weighted by atomic mass is 10.4. The fourth-order valence-corrected chi connectivity index (χ4v) is 2.87. The molecule has 0 unspecified atom stereocenters. The van der Waals surface area contributed by atoms with Gasteiger partial charge in [0.25, 0.3) is 0 Å². The third-order valence-electron chi connectivity index (χ3n) is 2.60. The number of ether oxygens (including phenoxy) is 2. The predicted octanol–water partition coefficient (Wildman–Crippen LogP) is 0.378. The van der Waals surface area contributed by atoms with Gasteiger partial charge >= 0.3 is 0 Å². The molecular weight excluding hydrogens is 284 g/mol. The number of aryl methyl sites for hydroxylation is 1. The van der Waals surface area contributed by atoms with Crippen molar-refractivity contribution < 1.29 is 22.3 Å². The molecule has 0 saturated heterocycles. The quantitative estimate of drug-likeness (QED) is 0.606. The zero-order chi connectivity index (χ0) is 15.0. The van der Waals surface area contributed by atoms with Crippen LogP contribution in [-0.4, -0.2) is 41.9 Å². The summed E-state index contributed by atoms with van der Waals surface area (Å²) in [7, 11) is -1.96. The topological polar surface area (TPSA) is 104 Å². The lowest BCUT2D eigenvalue weighted by molar-refractivity contribution is 0.0699. The first-order chi connectivity index (χ1) is 9.51. The molecule has 0 fully saturated rings. The zero-order valence-electron chi connectivity index (χ0n) is 11.8. The Labute approximate surface area is 119 Å². The van der Waals surface area contributed by atoms with Crippen LogP contribution in [0.5, 0.6) is 0 Å². The smallest absolute Gasteiger partial charge is 0.244 e. The SMILES string of the molecule is COCCOCCCNS(=O)(=O)c1cc(CN)oc1C. The largest absolute Gasteiger partial charge is 0.464 e. The highest BCUT2D eigenvalue weighted by atomic mass is 32.2. The van der Waals surface area contributed by atoms with Gasteiger partial charge in [-0.1, -0.05) is 0 Å². The minimum Gasteiger partial charge on any atom is -0.464 e. The molecule has 0 amide bonds. The number of rotatable bonds is 10. The summed E-state index contributed by atoms with van der Waals surface area (Å²) in [6.45, 7) is 3.58. The van der Waals surface area contributed by atoms with Gasteiger partial charge < -0.3 is 19.6 Å². The summed E-state index contributed by atoms with van der Waals surface area (Å²) in [5.74, 6) is 0.792. The van der Waals surface area contributed by atoms with Gasteiger partial charge in [-0.3, -0.25) is 0 Å². The summed E-state index contributed by atoms with van der Waals surface area (Å²) < 4.78 is 41.9. The van der Waals surface area contributed by atoms with Crippen molar-refractivity contribution in [3.8, 4) is 0 Å². The van der Waals surface area contributed by atoms with Crippen LogP contribution < -0.4 is 10.5 Å². The van der Waals surface area contributed by atoms with E-state index in [1.165, 1.54) is 6.07 Å². The second-order valence-electron chi connectivity index (χ2n) is 4.19. The molecule has 0 aliphatic heterocycles. The first kappa shape index (κ1) is 17.1. The van der Waals surface area contributed by atoms with E-state index in [4.69, 9.17) is 19.6 Å². The van der Waals surface area contributed by atoms with Crippen LogP contribution in [0.15, 0.2) is 15.4 Å². The van der Waals surface area contributed by atoms with E-state index < -0.39 is 10.0 Å². The highest BCUT2D eigenvalue weighted by Crippen LogP contribution is 2.19. The van der Waals surface area contributed by atoms with Gasteiger partial charge in [-0.2, -0.15) is 0 Å². The van der Waals surface area contributed by atoms with E-state index >= 15 is 0 Å². The average Bonchev–Trinajstić information content (AvgIpc) is 2.80. The normalized spacial score (nSPS) is 11.9. The second-order valence-corrected chi connectivity index (χ2v) is 5.93. The Morgan fingerprint density at radius 3 is 2.70 bits per heavy atom. The van der Waals surface area contributed by atoms with Crippen molar-refractivity contribution in [2.45, 2.75) is 24.8 Å². The third kappa shape index (κ3) is 5.22. The van der Waals surface area contributed by atoms with Crippen LogP contribution in [0, 0.1) is 6.92 Å². The van der Waals surface area contributed by atoms with Crippen molar-refractivity contribution in [2.75, 3.05) is 33.5 Å². The molecule has 1 aromatic rings. The van der Waals surface area contributed by atoms with E-state index in [0.29, 0.717) is 44.3 Å². The Bertz CT molecular complexity index is 498. The number of hydrogen-bond donors (Lipinski definition) is 2. The molecule has 0 radical (unpaired) electrons. The van der Waals surface area contributed by atoms with Crippen molar-refractivity contribution in [3.05, 3.63) is 17.6 Å². The molecule has 0 spiro atoms. The summed E-state index contributed by atoms with van der Waals surface area (Å²) in [6.07, 6.45) is 0.587. The van der Waals surface area contributed by atoms with Crippen LogP contribution in [0.4, 0.5) is 0 Å². The van der Waals surface area contributed by atoms with Gasteiger partial charge in [0.1, 0.15) is 16.4 Å². The van der Waals surface area contributed by atoms with Gasteiger partial charge in [0.05, 0.1) is 19.8 Å². The molecule has 3 N–H and O–H groups in total. The maximum absolute atomic E-state index is 12.0. The summed E-state index contributed by atoms with van der Waals surface area (Å²) in [5.41, 5.74) is 5.42. The Morgan fingerprint density at radius 1 is 1.35 bits per heavy atom. The fraction of sp³-hybridized carbons (Fsp3) is 0.667. The van der Waals surface area contributed by atoms with Crippen molar-refractivity contribution >= 4 is 10.0 Å². The van der Waals surface area contributed by atoms with Crippen molar-refractivity contribution in [3.63, 3.8) is 0 Å². The van der Waals surface area contributed by atoms with Gasteiger partial charge in [0, 0.05) is 26.3 Å². The van der Waals surface area contributed by atoms with Gasteiger partial charge in [0.2, 0.25) is 10.0 Å². The molecule has 8 heteroatoms. The monoisotopic (exact) mass is 306 g/mol.